The topological polar surface area (TPSA) is 99.8 Å². The van der Waals surface area contributed by atoms with E-state index in [0.717, 1.165) is 4.68 Å². The number of nitrogens with zero attached hydrogens (tertiary/aromatic N) is 3. The predicted molar refractivity (Wildman–Crippen MR) is 70.5 cm³/mol. The van der Waals surface area contributed by atoms with Crippen molar-refractivity contribution in [3.63, 3.8) is 0 Å². The highest BCUT2D eigenvalue weighted by Gasteiger charge is 2.06. The van der Waals surface area contributed by atoms with Crippen LogP contribution in [0.25, 0.3) is 0 Å². The zero-order chi connectivity index (χ0) is 14.3. The number of nitriles is 1. The summed E-state index contributed by atoms with van der Waals surface area (Å²) in [7, 11) is 0. The molecular formula is C12H17N5O2. The molecule has 0 aliphatic heterocycles. The maximum atomic E-state index is 11.7. The largest absolute Gasteiger partial charge is 0.381 e. The summed E-state index contributed by atoms with van der Waals surface area (Å²) in [5.74, 6) is -0.339. The zero-order valence-electron chi connectivity index (χ0n) is 11.0. The Hall–Kier alpha value is -2.36. The van der Waals surface area contributed by atoms with E-state index in [1.54, 1.807) is 0 Å². The molecule has 1 amide bonds. The van der Waals surface area contributed by atoms with Crippen LogP contribution in [-0.4, -0.2) is 28.3 Å². The molecule has 0 unspecified atom stereocenters. The molecule has 0 aliphatic rings. The lowest BCUT2D eigenvalue weighted by Gasteiger charge is -2.10. The summed E-state index contributed by atoms with van der Waals surface area (Å²) >= 11 is 0. The van der Waals surface area contributed by atoms with E-state index in [1.165, 1.54) is 12.3 Å². The van der Waals surface area contributed by atoms with E-state index in [2.05, 4.69) is 15.7 Å². The first-order chi connectivity index (χ1) is 9.02. The molecule has 2 N–H and O–H groups in total. The molecule has 0 radical (unpaired) electrons. The van der Waals surface area contributed by atoms with Gasteiger partial charge in [-0.1, -0.05) is 0 Å². The van der Waals surface area contributed by atoms with Gasteiger partial charge in [-0.25, -0.2) is 4.68 Å². The lowest BCUT2D eigenvalue weighted by Crippen LogP contribution is -2.34. The Balaban J connectivity index is 2.62. The highest BCUT2D eigenvalue weighted by Crippen LogP contribution is 2.01. The van der Waals surface area contributed by atoms with Crippen molar-refractivity contribution < 1.29 is 4.79 Å². The Bertz CT molecular complexity index is 530. The molecule has 0 bridgehead atoms. The van der Waals surface area contributed by atoms with Crippen LogP contribution in [0.3, 0.4) is 0 Å². The smallest absolute Gasteiger partial charge is 0.269 e. The quantitative estimate of drug-likeness (QED) is 0.709. The van der Waals surface area contributed by atoms with Crippen LogP contribution in [0, 0.1) is 11.3 Å². The Labute approximate surface area is 111 Å². The Morgan fingerprint density at radius 1 is 1.58 bits per heavy atom. The molecule has 102 valence electrons. The van der Waals surface area contributed by atoms with Gasteiger partial charge in [-0.3, -0.25) is 9.59 Å². The van der Waals surface area contributed by atoms with Crippen LogP contribution < -0.4 is 16.2 Å². The third-order valence-electron chi connectivity index (χ3n) is 2.18. The average Bonchev–Trinajstić information content (AvgIpc) is 2.32. The van der Waals surface area contributed by atoms with E-state index in [0.29, 0.717) is 5.69 Å². The molecule has 0 aromatic carbocycles. The Kier molecular flexibility index (Phi) is 5.54. The number of carbonyl (C=O) groups excluding carboxylic acids is 1. The van der Waals surface area contributed by atoms with Crippen LogP contribution in [0.4, 0.5) is 5.69 Å². The molecule has 1 aromatic heterocycles. The second-order valence-electron chi connectivity index (χ2n) is 4.30. The lowest BCUT2D eigenvalue weighted by molar-refractivity contribution is -0.121. The van der Waals surface area contributed by atoms with E-state index in [-0.39, 0.29) is 37.0 Å². The van der Waals surface area contributed by atoms with Crippen molar-refractivity contribution >= 4 is 11.6 Å². The molecular weight excluding hydrogens is 246 g/mol. The van der Waals surface area contributed by atoms with Gasteiger partial charge in [0.25, 0.3) is 5.56 Å². The van der Waals surface area contributed by atoms with Crippen LogP contribution in [0.2, 0.25) is 0 Å². The van der Waals surface area contributed by atoms with Gasteiger partial charge in [0.2, 0.25) is 5.91 Å². The fourth-order valence-corrected chi connectivity index (χ4v) is 1.41. The summed E-state index contributed by atoms with van der Waals surface area (Å²) in [6.45, 7) is 4.03. The normalized spacial score (nSPS) is 10.0. The molecule has 7 nitrogen and oxygen atoms in total. The van der Waals surface area contributed by atoms with Crippen LogP contribution in [0.1, 0.15) is 20.3 Å². The first-order valence-electron chi connectivity index (χ1n) is 6.00. The van der Waals surface area contributed by atoms with Gasteiger partial charge in [-0.05, 0) is 13.8 Å². The molecule has 1 heterocycles. The van der Waals surface area contributed by atoms with E-state index in [1.807, 2.05) is 19.9 Å². The van der Waals surface area contributed by atoms with Crippen molar-refractivity contribution in [2.75, 3.05) is 11.9 Å². The standard InChI is InChI=1S/C12H17N5O2/c1-9(2)16-10-6-12(19)17(15-7-10)8-11(18)14-5-3-4-13/h6-7,9,16H,3,5,8H2,1-2H3,(H,14,18). The van der Waals surface area contributed by atoms with Crippen molar-refractivity contribution in [1.29, 1.82) is 5.26 Å². The first-order valence-corrected chi connectivity index (χ1v) is 6.00. The Morgan fingerprint density at radius 3 is 2.89 bits per heavy atom. The molecule has 7 heteroatoms. The molecule has 0 saturated heterocycles. The molecule has 1 rings (SSSR count). The van der Waals surface area contributed by atoms with E-state index in [9.17, 15) is 9.59 Å². The number of amides is 1. The monoisotopic (exact) mass is 263 g/mol. The van der Waals surface area contributed by atoms with Crippen LogP contribution >= 0.6 is 0 Å². The maximum Gasteiger partial charge on any atom is 0.269 e. The summed E-state index contributed by atoms with van der Waals surface area (Å²) in [5, 5.41) is 17.8. The van der Waals surface area contributed by atoms with Crippen LogP contribution in [0.5, 0.6) is 0 Å². The second kappa shape index (κ2) is 7.16. The van der Waals surface area contributed by atoms with Gasteiger partial charge in [-0.2, -0.15) is 10.4 Å². The van der Waals surface area contributed by atoms with E-state index < -0.39 is 0 Å². The van der Waals surface area contributed by atoms with Gasteiger partial charge in [0, 0.05) is 18.7 Å². The molecule has 0 aliphatic carbocycles. The number of rotatable bonds is 6. The third kappa shape index (κ3) is 5.21. The van der Waals surface area contributed by atoms with Gasteiger partial charge in [0.05, 0.1) is 24.4 Å². The number of aromatic nitrogens is 2. The summed E-state index contributed by atoms with van der Waals surface area (Å²) in [6, 6.07) is 3.52. The average molecular weight is 263 g/mol. The maximum absolute atomic E-state index is 11.7. The van der Waals surface area contributed by atoms with Crippen molar-refractivity contribution in [2.45, 2.75) is 32.9 Å². The fourth-order valence-electron chi connectivity index (χ4n) is 1.41. The molecule has 0 atom stereocenters. The van der Waals surface area contributed by atoms with Crippen molar-refractivity contribution in [2.24, 2.45) is 0 Å². The van der Waals surface area contributed by atoms with Gasteiger partial charge in [0.1, 0.15) is 6.54 Å². The van der Waals surface area contributed by atoms with Gasteiger partial charge in [0.15, 0.2) is 0 Å². The highest BCUT2D eigenvalue weighted by atomic mass is 16.2. The fraction of sp³-hybridized carbons (Fsp3) is 0.500. The van der Waals surface area contributed by atoms with Crippen molar-refractivity contribution in [1.82, 2.24) is 15.1 Å². The minimum atomic E-state index is -0.346. The number of carbonyl (C=O) groups is 1. The second-order valence-corrected chi connectivity index (χ2v) is 4.30. The molecule has 0 fully saturated rings. The summed E-state index contributed by atoms with van der Waals surface area (Å²) in [5.41, 5.74) is 0.280. The number of anilines is 1. The Morgan fingerprint density at radius 2 is 2.32 bits per heavy atom. The molecule has 0 saturated carbocycles. The van der Waals surface area contributed by atoms with Gasteiger partial charge in [-0.15, -0.1) is 0 Å². The van der Waals surface area contributed by atoms with Crippen molar-refractivity contribution in [3.8, 4) is 6.07 Å². The molecule has 0 spiro atoms. The van der Waals surface area contributed by atoms with Gasteiger partial charge < -0.3 is 10.6 Å². The van der Waals surface area contributed by atoms with E-state index >= 15 is 0 Å². The van der Waals surface area contributed by atoms with Crippen LogP contribution in [-0.2, 0) is 11.3 Å². The number of nitrogens with one attached hydrogen (secondary N) is 2. The number of hydrogen-bond donors (Lipinski definition) is 2. The van der Waals surface area contributed by atoms with Crippen LogP contribution in [0.15, 0.2) is 17.1 Å². The summed E-state index contributed by atoms with van der Waals surface area (Å²) in [4.78, 5) is 23.2. The minimum absolute atomic E-state index is 0.147. The SMILES string of the molecule is CC(C)Nc1cnn(CC(=O)NCCC#N)c(=O)c1. The highest BCUT2D eigenvalue weighted by molar-refractivity contribution is 5.75. The zero-order valence-corrected chi connectivity index (χ0v) is 11.0. The lowest BCUT2D eigenvalue weighted by atomic mass is 10.3. The number of hydrogen-bond acceptors (Lipinski definition) is 5. The van der Waals surface area contributed by atoms with Gasteiger partial charge >= 0.3 is 0 Å². The summed E-state index contributed by atoms with van der Waals surface area (Å²) < 4.78 is 1.08. The molecule has 1 aromatic rings. The summed E-state index contributed by atoms with van der Waals surface area (Å²) in [6.07, 6.45) is 1.75. The minimum Gasteiger partial charge on any atom is -0.381 e. The van der Waals surface area contributed by atoms with E-state index in [4.69, 9.17) is 5.26 Å². The first kappa shape index (κ1) is 14.7. The molecule has 19 heavy (non-hydrogen) atoms. The van der Waals surface area contributed by atoms with Crippen molar-refractivity contribution in [3.05, 3.63) is 22.6 Å². The predicted octanol–water partition coefficient (Wildman–Crippen LogP) is 0.0935. The third-order valence-corrected chi connectivity index (χ3v) is 2.18.